The highest BCUT2D eigenvalue weighted by Gasteiger charge is 2.29. The molecule has 1 aromatic carbocycles. The summed E-state index contributed by atoms with van der Waals surface area (Å²) < 4.78 is 5.17. The molecule has 136 valence electrons. The summed E-state index contributed by atoms with van der Waals surface area (Å²) in [6.07, 6.45) is 6.44. The van der Waals surface area contributed by atoms with Gasteiger partial charge in [0.1, 0.15) is 5.75 Å². The van der Waals surface area contributed by atoms with E-state index in [4.69, 9.17) is 4.74 Å². The van der Waals surface area contributed by atoms with Crippen LogP contribution < -0.4 is 4.74 Å². The lowest BCUT2D eigenvalue weighted by Gasteiger charge is -2.39. The molecule has 0 aliphatic carbocycles. The molecule has 1 heterocycles. The maximum absolute atomic E-state index is 12.6. The Balaban J connectivity index is 1.95. The van der Waals surface area contributed by atoms with Crippen LogP contribution in [0.5, 0.6) is 5.75 Å². The molecule has 0 N–H and O–H groups in total. The fourth-order valence-electron chi connectivity index (χ4n) is 3.32. The van der Waals surface area contributed by atoms with Crippen molar-refractivity contribution in [1.82, 2.24) is 9.80 Å². The maximum Gasteiger partial charge on any atom is 0.246 e. The summed E-state index contributed by atoms with van der Waals surface area (Å²) in [7, 11) is 3.27. The Labute approximate surface area is 150 Å². The van der Waals surface area contributed by atoms with Crippen LogP contribution in [0.3, 0.4) is 0 Å². The Kier molecular flexibility index (Phi) is 6.62. The van der Waals surface area contributed by atoms with E-state index in [2.05, 4.69) is 13.8 Å². The molecule has 1 aliphatic rings. The standard InChI is InChI=1S/C20H28N2O3/c1-15-7-5-8-16(2)22(15)20(24)14-21(3)19(23)12-11-17-9-6-10-18(13-17)25-4/h6,9-13,15-16H,5,7-8,14H2,1-4H3/b12-11+. The number of carbonyl (C=O) groups excluding carboxylic acids is 2. The molecule has 2 rings (SSSR count). The van der Waals surface area contributed by atoms with Gasteiger partial charge in [-0.05, 0) is 56.9 Å². The minimum Gasteiger partial charge on any atom is -0.497 e. The number of nitrogens with zero attached hydrogens (tertiary/aromatic N) is 2. The molecule has 1 saturated heterocycles. The second-order valence-corrected chi connectivity index (χ2v) is 6.73. The Hall–Kier alpha value is -2.30. The monoisotopic (exact) mass is 344 g/mol. The van der Waals surface area contributed by atoms with Crippen molar-refractivity contribution in [3.8, 4) is 5.75 Å². The quantitative estimate of drug-likeness (QED) is 0.772. The number of likely N-dealkylation sites (N-methyl/N-ethyl adjacent to an activating group) is 1. The van der Waals surface area contributed by atoms with Crippen LogP contribution in [0.15, 0.2) is 30.3 Å². The predicted octanol–water partition coefficient (Wildman–Crippen LogP) is 2.96. The van der Waals surface area contributed by atoms with Gasteiger partial charge in [-0.15, -0.1) is 0 Å². The molecule has 1 aromatic rings. The normalized spacial score (nSPS) is 20.6. The second kappa shape index (κ2) is 8.70. The second-order valence-electron chi connectivity index (χ2n) is 6.73. The Bertz CT molecular complexity index is 632. The number of likely N-dealkylation sites (tertiary alicyclic amines) is 1. The van der Waals surface area contributed by atoms with Crippen molar-refractivity contribution in [2.45, 2.75) is 45.2 Å². The molecule has 5 heteroatoms. The maximum atomic E-state index is 12.6. The van der Waals surface area contributed by atoms with Crippen molar-refractivity contribution in [3.63, 3.8) is 0 Å². The smallest absolute Gasteiger partial charge is 0.246 e. The third kappa shape index (κ3) is 5.08. The molecule has 1 aliphatic heterocycles. The summed E-state index contributed by atoms with van der Waals surface area (Å²) in [5, 5.41) is 0. The van der Waals surface area contributed by atoms with Crippen LogP contribution in [0, 0.1) is 0 Å². The van der Waals surface area contributed by atoms with Crippen LogP contribution in [0.25, 0.3) is 6.08 Å². The Morgan fingerprint density at radius 2 is 1.96 bits per heavy atom. The van der Waals surface area contributed by atoms with Gasteiger partial charge in [0.05, 0.1) is 13.7 Å². The van der Waals surface area contributed by atoms with Crippen LogP contribution in [0.2, 0.25) is 0 Å². The fraction of sp³-hybridized carbons (Fsp3) is 0.500. The predicted molar refractivity (Wildman–Crippen MR) is 99.3 cm³/mol. The van der Waals surface area contributed by atoms with Crippen molar-refractivity contribution in [2.75, 3.05) is 20.7 Å². The molecule has 0 saturated carbocycles. The molecular formula is C20H28N2O3. The van der Waals surface area contributed by atoms with E-state index in [9.17, 15) is 9.59 Å². The van der Waals surface area contributed by atoms with Crippen molar-refractivity contribution >= 4 is 17.9 Å². The summed E-state index contributed by atoms with van der Waals surface area (Å²) in [5.74, 6) is 0.574. The van der Waals surface area contributed by atoms with Crippen LogP contribution in [-0.4, -0.2) is 54.4 Å². The van der Waals surface area contributed by atoms with Gasteiger partial charge in [0.25, 0.3) is 0 Å². The van der Waals surface area contributed by atoms with Gasteiger partial charge in [0.15, 0.2) is 0 Å². The van der Waals surface area contributed by atoms with Gasteiger partial charge in [-0.2, -0.15) is 0 Å². The first-order valence-electron chi connectivity index (χ1n) is 8.80. The van der Waals surface area contributed by atoms with Gasteiger partial charge in [-0.25, -0.2) is 0 Å². The molecular weight excluding hydrogens is 316 g/mol. The molecule has 0 bridgehead atoms. The number of rotatable bonds is 5. The summed E-state index contributed by atoms with van der Waals surface area (Å²) >= 11 is 0. The van der Waals surface area contributed by atoms with Crippen molar-refractivity contribution in [3.05, 3.63) is 35.9 Å². The Morgan fingerprint density at radius 3 is 2.60 bits per heavy atom. The topological polar surface area (TPSA) is 49.9 Å². The van der Waals surface area contributed by atoms with Crippen molar-refractivity contribution in [1.29, 1.82) is 0 Å². The zero-order valence-corrected chi connectivity index (χ0v) is 15.6. The minimum atomic E-state index is -0.187. The summed E-state index contributed by atoms with van der Waals surface area (Å²) in [6, 6.07) is 7.96. The number of hydrogen-bond acceptors (Lipinski definition) is 3. The molecule has 25 heavy (non-hydrogen) atoms. The first kappa shape index (κ1) is 19.0. The first-order chi connectivity index (χ1) is 11.9. The number of carbonyl (C=O) groups is 2. The molecule has 0 spiro atoms. The summed E-state index contributed by atoms with van der Waals surface area (Å²) in [5.41, 5.74) is 0.880. The average molecular weight is 344 g/mol. The highest BCUT2D eigenvalue weighted by atomic mass is 16.5. The van der Waals surface area contributed by atoms with Crippen molar-refractivity contribution < 1.29 is 14.3 Å². The third-order valence-electron chi connectivity index (χ3n) is 4.74. The van der Waals surface area contributed by atoms with Gasteiger partial charge in [0.2, 0.25) is 11.8 Å². The van der Waals surface area contributed by atoms with Gasteiger partial charge < -0.3 is 14.5 Å². The first-order valence-corrected chi connectivity index (χ1v) is 8.80. The number of methoxy groups -OCH3 is 1. The summed E-state index contributed by atoms with van der Waals surface area (Å²) in [4.78, 5) is 28.3. The number of ether oxygens (including phenoxy) is 1. The number of hydrogen-bond donors (Lipinski definition) is 0. The Morgan fingerprint density at radius 1 is 1.28 bits per heavy atom. The highest BCUT2D eigenvalue weighted by Crippen LogP contribution is 2.22. The molecule has 2 amide bonds. The molecule has 0 radical (unpaired) electrons. The van der Waals surface area contributed by atoms with E-state index in [1.54, 1.807) is 20.2 Å². The molecule has 5 nitrogen and oxygen atoms in total. The van der Waals surface area contributed by atoms with Crippen LogP contribution in [0.4, 0.5) is 0 Å². The van der Waals surface area contributed by atoms with E-state index >= 15 is 0 Å². The van der Waals surface area contributed by atoms with E-state index in [0.29, 0.717) is 0 Å². The summed E-state index contributed by atoms with van der Waals surface area (Å²) in [6.45, 7) is 4.27. The third-order valence-corrected chi connectivity index (χ3v) is 4.74. The molecule has 1 fully saturated rings. The van der Waals surface area contributed by atoms with E-state index in [0.717, 1.165) is 30.6 Å². The lowest BCUT2D eigenvalue weighted by atomic mass is 9.97. The lowest BCUT2D eigenvalue weighted by molar-refractivity contribution is -0.141. The van der Waals surface area contributed by atoms with Gasteiger partial charge in [0, 0.05) is 25.2 Å². The van der Waals surface area contributed by atoms with Crippen LogP contribution in [-0.2, 0) is 9.59 Å². The lowest BCUT2D eigenvalue weighted by Crippen LogP contribution is -2.51. The van der Waals surface area contributed by atoms with E-state index in [-0.39, 0.29) is 30.4 Å². The van der Waals surface area contributed by atoms with E-state index < -0.39 is 0 Å². The minimum absolute atomic E-state index is 0.0188. The number of benzene rings is 1. The average Bonchev–Trinajstić information content (AvgIpc) is 2.59. The van der Waals surface area contributed by atoms with Crippen LogP contribution in [0.1, 0.15) is 38.7 Å². The van der Waals surface area contributed by atoms with Crippen LogP contribution >= 0.6 is 0 Å². The zero-order valence-electron chi connectivity index (χ0n) is 15.6. The molecule has 2 atom stereocenters. The van der Waals surface area contributed by atoms with Gasteiger partial charge in [-0.3, -0.25) is 9.59 Å². The highest BCUT2D eigenvalue weighted by molar-refractivity contribution is 5.94. The van der Waals surface area contributed by atoms with E-state index in [1.165, 1.54) is 11.0 Å². The molecule has 2 unspecified atom stereocenters. The largest absolute Gasteiger partial charge is 0.497 e. The fourth-order valence-corrected chi connectivity index (χ4v) is 3.32. The molecule has 0 aromatic heterocycles. The van der Waals surface area contributed by atoms with E-state index in [1.807, 2.05) is 29.2 Å². The number of piperidine rings is 1. The van der Waals surface area contributed by atoms with Crippen molar-refractivity contribution in [2.24, 2.45) is 0 Å². The van der Waals surface area contributed by atoms with Gasteiger partial charge >= 0.3 is 0 Å². The zero-order chi connectivity index (χ0) is 18.4. The number of amides is 2. The van der Waals surface area contributed by atoms with Gasteiger partial charge in [-0.1, -0.05) is 12.1 Å². The SMILES string of the molecule is COc1cccc(/C=C/C(=O)N(C)CC(=O)N2C(C)CCCC2C)c1.